The highest BCUT2D eigenvalue weighted by molar-refractivity contribution is 5.34. The number of aliphatic hydroxyl groups excluding tert-OH is 1. The fourth-order valence-electron chi connectivity index (χ4n) is 2.54. The van der Waals surface area contributed by atoms with E-state index in [-0.39, 0.29) is 6.04 Å². The molecule has 0 aliphatic carbocycles. The lowest BCUT2D eigenvalue weighted by Gasteiger charge is -2.17. The highest BCUT2D eigenvalue weighted by Gasteiger charge is 2.14. The second-order valence-electron chi connectivity index (χ2n) is 5.67. The molecule has 0 saturated heterocycles. The Labute approximate surface area is 135 Å². The van der Waals surface area contributed by atoms with Crippen LogP contribution in [0.4, 0.5) is 0 Å². The van der Waals surface area contributed by atoms with Crippen molar-refractivity contribution in [2.45, 2.75) is 32.0 Å². The fraction of sp³-hybridized carbons (Fsp3) is 0.278. The van der Waals surface area contributed by atoms with Crippen molar-refractivity contribution < 1.29 is 9.52 Å². The van der Waals surface area contributed by atoms with Crippen molar-refractivity contribution in [3.05, 3.63) is 72.4 Å². The van der Waals surface area contributed by atoms with E-state index in [9.17, 15) is 5.11 Å². The van der Waals surface area contributed by atoms with Gasteiger partial charge in [0.15, 0.2) is 0 Å². The molecule has 1 aromatic carbocycles. The molecule has 0 fully saturated rings. The number of nitrogens with one attached hydrogen (secondary N) is 1. The zero-order chi connectivity index (χ0) is 16.1. The minimum atomic E-state index is -0.581. The molecule has 0 saturated carbocycles. The van der Waals surface area contributed by atoms with Gasteiger partial charge in [0, 0.05) is 25.0 Å². The number of benzene rings is 1. The topological polar surface area (TPSA) is 63.2 Å². The summed E-state index contributed by atoms with van der Waals surface area (Å²) in [6.45, 7) is 2.80. The summed E-state index contributed by atoms with van der Waals surface area (Å²) >= 11 is 0. The van der Waals surface area contributed by atoms with Crippen LogP contribution in [0.5, 0.6) is 0 Å². The zero-order valence-corrected chi connectivity index (χ0v) is 13.1. The van der Waals surface area contributed by atoms with Crippen LogP contribution in [0.15, 0.2) is 65.5 Å². The number of aromatic nitrogens is 2. The highest BCUT2D eigenvalue weighted by atomic mass is 16.4. The molecule has 120 valence electrons. The second kappa shape index (κ2) is 7.26. The molecule has 3 rings (SSSR count). The van der Waals surface area contributed by atoms with E-state index in [1.165, 1.54) is 5.56 Å². The van der Waals surface area contributed by atoms with E-state index in [1.807, 2.05) is 29.1 Å². The monoisotopic (exact) mass is 311 g/mol. The molecule has 0 bridgehead atoms. The summed E-state index contributed by atoms with van der Waals surface area (Å²) in [5, 5.41) is 17.8. The van der Waals surface area contributed by atoms with E-state index in [0.717, 1.165) is 12.2 Å². The Balaban J connectivity index is 1.55. The van der Waals surface area contributed by atoms with Crippen molar-refractivity contribution in [1.82, 2.24) is 15.1 Å². The lowest BCUT2D eigenvalue weighted by molar-refractivity contribution is 0.128. The average molecular weight is 311 g/mol. The fourth-order valence-corrected chi connectivity index (χ4v) is 2.54. The normalized spacial score (nSPS) is 13.8. The van der Waals surface area contributed by atoms with Crippen LogP contribution >= 0.6 is 0 Å². The molecule has 0 aliphatic rings. The van der Waals surface area contributed by atoms with Gasteiger partial charge < -0.3 is 14.8 Å². The quantitative estimate of drug-likeness (QED) is 0.704. The van der Waals surface area contributed by atoms with Crippen LogP contribution in [-0.2, 0) is 6.54 Å². The lowest BCUT2D eigenvalue weighted by Crippen LogP contribution is -2.27. The second-order valence-corrected chi connectivity index (χ2v) is 5.67. The Kier molecular flexibility index (Phi) is 4.90. The van der Waals surface area contributed by atoms with Crippen LogP contribution in [0, 0.1) is 0 Å². The van der Waals surface area contributed by atoms with Gasteiger partial charge in [0.2, 0.25) is 0 Å². The molecular weight excluding hydrogens is 290 g/mol. The average Bonchev–Trinajstić information content (AvgIpc) is 3.26. The van der Waals surface area contributed by atoms with Crippen molar-refractivity contribution in [3.63, 3.8) is 0 Å². The van der Waals surface area contributed by atoms with Crippen molar-refractivity contribution in [2.24, 2.45) is 0 Å². The van der Waals surface area contributed by atoms with Crippen LogP contribution < -0.4 is 5.32 Å². The van der Waals surface area contributed by atoms with Gasteiger partial charge in [-0.3, -0.25) is 0 Å². The van der Waals surface area contributed by atoms with E-state index < -0.39 is 6.10 Å². The van der Waals surface area contributed by atoms with Crippen molar-refractivity contribution in [1.29, 1.82) is 0 Å². The van der Waals surface area contributed by atoms with Gasteiger partial charge in [0.05, 0.1) is 12.0 Å². The number of nitrogens with zero attached hydrogens (tertiary/aromatic N) is 2. The molecule has 2 heterocycles. The predicted molar refractivity (Wildman–Crippen MR) is 88.2 cm³/mol. The number of furan rings is 1. The summed E-state index contributed by atoms with van der Waals surface area (Å²) < 4.78 is 7.07. The molecule has 0 aliphatic heterocycles. The van der Waals surface area contributed by atoms with Gasteiger partial charge in [0.1, 0.15) is 11.9 Å². The first kappa shape index (κ1) is 15.5. The largest absolute Gasteiger partial charge is 0.467 e. The Morgan fingerprint density at radius 2 is 2.17 bits per heavy atom. The number of hydrogen-bond acceptors (Lipinski definition) is 4. The molecule has 3 aromatic rings. The van der Waals surface area contributed by atoms with E-state index in [4.69, 9.17) is 4.42 Å². The Bertz CT molecular complexity index is 708. The van der Waals surface area contributed by atoms with Gasteiger partial charge in [-0.25, -0.2) is 4.68 Å². The van der Waals surface area contributed by atoms with Crippen molar-refractivity contribution in [3.8, 4) is 5.69 Å². The van der Waals surface area contributed by atoms with Crippen LogP contribution in [-0.4, -0.2) is 20.9 Å². The third kappa shape index (κ3) is 4.09. The molecule has 5 nitrogen and oxygen atoms in total. The molecule has 2 atom stereocenters. The summed E-state index contributed by atoms with van der Waals surface area (Å²) in [7, 11) is 0. The molecule has 0 spiro atoms. The summed E-state index contributed by atoms with van der Waals surface area (Å²) in [5.41, 5.74) is 2.22. The SMILES string of the molecule is CC(CC(O)c1ccco1)NCc1cccc(-n2cccn2)c1. The molecule has 2 unspecified atom stereocenters. The molecule has 23 heavy (non-hydrogen) atoms. The Morgan fingerprint density at radius 1 is 1.26 bits per heavy atom. The first-order valence-electron chi connectivity index (χ1n) is 7.76. The Hall–Kier alpha value is -2.37. The first-order chi connectivity index (χ1) is 11.2. The van der Waals surface area contributed by atoms with E-state index >= 15 is 0 Å². The zero-order valence-electron chi connectivity index (χ0n) is 13.1. The van der Waals surface area contributed by atoms with Gasteiger partial charge >= 0.3 is 0 Å². The standard InChI is InChI=1S/C18H21N3O2/c1-14(11-17(22)18-7-3-10-23-18)19-13-15-5-2-6-16(12-15)21-9-4-8-20-21/h2-10,12,14,17,19,22H,11,13H2,1H3. The molecule has 2 aromatic heterocycles. The smallest absolute Gasteiger partial charge is 0.132 e. The molecule has 0 radical (unpaired) electrons. The Morgan fingerprint density at radius 3 is 2.91 bits per heavy atom. The van der Waals surface area contributed by atoms with Gasteiger partial charge in [-0.15, -0.1) is 0 Å². The predicted octanol–water partition coefficient (Wildman–Crippen LogP) is 3.07. The summed E-state index contributed by atoms with van der Waals surface area (Å²) in [4.78, 5) is 0. The van der Waals surface area contributed by atoms with Gasteiger partial charge in [0.25, 0.3) is 0 Å². The summed E-state index contributed by atoms with van der Waals surface area (Å²) in [6.07, 6.45) is 5.30. The maximum absolute atomic E-state index is 10.1. The summed E-state index contributed by atoms with van der Waals surface area (Å²) in [6, 6.07) is 13.9. The third-order valence-electron chi connectivity index (χ3n) is 3.78. The van der Waals surface area contributed by atoms with Crippen LogP contribution in [0.25, 0.3) is 5.69 Å². The number of hydrogen-bond donors (Lipinski definition) is 2. The molecule has 5 heteroatoms. The van der Waals surface area contributed by atoms with Crippen LogP contribution in [0.3, 0.4) is 0 Å². The molecule has 0 amide bonds. The van der Waals surface area contributed by atoms with E-state index in [2.05, 4.69) is 29.5 Å². The van der Waals surface area contributed by atoms with Gasteiger partial charge in [-0.1, -0.05) is 12.1 Å². The number of aliphatic hydroxyl groups is 1. The maximum Gasteiger partial charge on any atom is 0.132 e. The van der Waals surface area contributed by atoms with Crippen LogP contribution in [0.2, 0.25) is 0 Å². The molecule has 2 N–H and O–H groups in total. The van der Waals surface area contributed by atoms with E-state index in [0.29, 0.717) is 12.2 Å². The number of rotatable bonds is 7. The maximum atomic E-state index is 10.1. The molecular formula is C18H21N3O2. The lowest BCUT2D eigenvalue weighted by atomic mass is 10.1. The van der Waals surface area contributed by atoms with Gasteiger partial charge in [-0.2, -0.15) is 5.10 Å². The van der Waals surface area contributed by atoms with Gasteiger partial charge in [-0.05, 0) is 49.2 Å². The minimum Gasteiger partial charge on any atom is -0.467 e. The first-order valence-corrected chi connectivity index (χ1v) is 7.76. The van der Waals surface area contributed by atoms with E-state index in [1.54, 1.807) is 24.6 Å². The van der Waals surface area contributed by atoms with Crippen molar-refractivity contribution in [2.75, 3.05) is 0 Å². The van der Waals surface area contributed by atoms with Crippen LogP contribution in [0.1, 0.15) is 30.8 Å². The minimum absolute atomic E-state index is 0.170. The summed E-state index contributed by atoms with van der Waals surface area (Å²) in [5.74, 6) is 0.610. The highest BCUT2D eigenvalue weighted by Crippen LogP contribution is 2.18. The van der Waals surface area contributed by atoms with Crippen molar-refractivity contribution >= 4 is 0 Å². The third-order valence-corrected chi connectivity index (χ3v) is 3.78.